The highest BCUT2D eigenvalue weighted by molar-refractivity contribution is 9.10. The average molecular weight is 510 g/mol. The molecule has 0 fully saturated rings. The summed E-state index contributed by atoms with van der Waals surface area (Å²) in [5.41, 5.74) is 2.24. The van der Waals surface area contributed by atoms with Gasteiger partial charge in [-0.15, -0.1) is 0 Å². The Bertz CT molecular complexity index is 1040. The third-order valence-electron chi connectivity index (χ3n) is 4.90. The van der Waals surface area contributed by atoms with Crippen molar-refractivity contribution in [3.8, 4) is 0 Å². The largest absolute Gasteiger partial charge is 0.355 e. The maximum Gasteiger partial charge on any atom is 0.244 e. The number of hydrogen-bond donors (Lipinski definition) is 1. The van der Waals surface area contributed by atoms with Crippen LogP contribution in [0.1, 0.15) is 25.0 Å². The molecule has 2 aromatic rings. The molecule has 0 aliphatic carbocycles. The molecule has 0 radical (unpaired) electrons. The van der Waals surface area contributed by atoms with Crippen LogP contribution in [0.5, 0.6) is 0 Å². The first-order chi connectivity index (χ1) is 14.5. The monoisotopic (exact) mass is 509 g/mol. The lowest BCUT2D eigenvalue weighted by Gasteiger charge is -2.31. The molecule has 168 valence electrons. The number of nitrogens with one attached hydrogen (secondary N) is 1. The molecule has 0 bridgehead atoms. The van der Waals surface area contributed by atoms with Crippen LogP contribution < -0.4 is 9.62 Å². The number of carbonyl (C=O) groups is 2. The minimum absolute atomic E-state index is 0.194. The Kier molecular flexibility index (Phi) is 8.64. The molecule has 0 saturated carbocycles. The molecule has 2 aromatic carbocycles. The fourth-order valence-electron chi connectivity index (χ4n) is 3.12. The van der Waals surface area contributed by atoms with Crippen LogP contribution >= 0.6 is 15.9 Å². The molecular formula is C22H28BrN3O4S. The van der Waals surface area contributed by atoms with Crippen molar-refractivity contribution < 1.29 is 18.0 Å². The Balaban J connectivity index is 2.40. The molecule has 2 rings (SSSR count). The third-order valence-corrected chi connectivity index (χ3v) is 6.53. The molecule has 2 amide bonds. The minimum atomic E-state index is -3.74. The van der Waals surface area contributed by atoms with Gasteiger partial charge in [-0.1, -0.05) is 46.3 Å². The molecular weight excluding hydrogens is 482 g/mol. The normalized spacial score (nSPS) is 12.2. The SMILES string of the molecule is CCNC(=O)[C@@H](C)N(Cc1ccccc1C)C(=O)CN(c1cccc(Br)c1)S(C)(=O)=O. The Morgan fingerprint density at radius 2 is 1.81 bits per heavy atom. The van der Waals surface area contributed by atoms with Gasteiger partial charge in [-0.25, -0.2) is 8.42 Å². The molecule has 31 heavy (non-hydrogen) atoms. The van der Waals surface area contributed by atoms with Crippen LogP contribution in [0.3, 0.4) is 0 Å². The van der Waals surface area contributed by atoms with Crippen molar-refractivity contribution in [2.45, 2.75) is 33.4 Å². The number of amides is 2. The number of likely N-dealkylation sites (N-methyl/N-ethyl adjacent to an activating group) is 1. The summed E-state index contributed by atoms with van der Waals surface area (Å²) < 4.78 is 26.7. The zero-order valence-corrected chi connectivity index (χ0v) is 20.5. The highest BCUT2D eigenvalue weighted by atomic mass is 79.9. The molecule has 0 heterocycles. The number of benzene rings is 2. The van der Waals surface area contributed by atoms with E-state index >= 15 is 0 Å². The van der Waals surface area contributed by atoms with Gasteiger partial charge in [-0.2, -0.15) is 0 Å². The van der Waals surface area contributed by atoms with Crippen LogP contribution in [0.15, 0.2) is 53.0 Å². The summed E-state index contributed by atoms with van der Waals surface area (Å²) in [5, 5.41) is 2.73. The van der Waals surface area contributed by atoms with Gasteiger partial charge in [0.1, 0.15) is 12.6 Å². The molecule has 1 N–H and O–H groups in total. The number of halogens is 1. The Morgan fingerprint density at radius 3 is 2.39 bits per heavy atom. The van der Waals surface area contributed by atoms with Crippen molar-refractivity contribution in [1.82, 2.24) is 10.2 Å². The van der Waals surface area contributed by atoms with Crippen molar-refractivity contribution in [2.75, 3.05) is 23.7 Å². The van der Waals surface area contributed by atoms with Crippen LogP contribution in [0.4, 0.5) is 5.69 Å². The molecule has 7 nitrogen and oxygen atoms in total. The van der Waals surface area contributed by atoms with E-state index in [1.807, 2.05) is 31.2 Å². The second kappa shape index (κ2) is 10.8. The lowest BCUT2D eigenvalue weighted by Crippen LogP contribution is -2.51. The zero-order valence-electron chi connectivity index (χ0n) is 18.1. The summed E-state index contributed by atoms with van der Waals surface area (Å²) in [7, 11) is -3.74. The van der Waals surface area contributed by atoms with Gasteiger partial charge in [0.2, 0.25) is 21.8 Å². The number of anilines is 1. The predicted molar refractivity (Wildman–Crippen MR) is 126 cm³/mol. The summed E-state index contributed by atoms with van der Waals surface area (Å²) in [4.78, 5) is 27.3. The molecule has 0 aromatic heterocycles. The summed E-state index contributed by atoms with van der Waals surface area (Å²) in [6, 6.07) is 13.5. The average Bonchev–Trinajstić information content (AvgIpc) is 2.70. The minimum Gasteiger partial charge on any atom is -0.355 e. The molecule has 0 aliphatic rings. The first-order valence-corrected chi connectivity index (χ1v) is 12.5. The van der Waals surface area contributed by atoms with Crippen molar-refractivity contribution >= 4 is 43.5 Å². The summed E-state index contributed by atoms with van der Waals surface area (Å²) in [6.07, 6.45) is 1.06. The summed E-state index contributed by atoms with van der Waals surface area (Å²) >= 11 is 3.33. The van der Waals surface area contributed by atoms with E-state index in [9.17, 15) is 18.0 Å². The fraction of sp³-hybridized carbons (Fsp3) is 0.364. The Hall–Kier alpha value is -2.39. The van der Waals surface area contributed by atoms with Gasteiger partial charge in [0.15, 0.2) is 0 Å². The van der Waals surface area contributed by atoms with E-state index < -0.39 is 28.5 Å². The third kappa shape index (κ3) is 6.80. The standard InChI is InChI=1S/C22H28BrN3O4S/c1-5-24-22(28)17(3)25(14-18-10-7-6-9-16(18)2)21(27)15-26(31(4,29)30)20-12-8-11-19(23)13-20/h6-13,17H,5,14-15H2,1-4H3,(H,24,28)/t17-/m1/s1. The molecule has 1 atom stereocenters. The van der Waals surface area contributed by atoms with E-state index in [1.54, 1.807) is 38.1 Å². The molecule has 0 aliphatic heterocycles. The molecule has 9 heteroatoms. The number of rotatable bonds is 9. The number of sulfonamides is 1. The maximum absolute atomic E-state index is 13.4. The van der Waals surface area contributed by atoms with Crippen molar-refractivity contribution in [1.29, 1.82) is 0 Å². The van der Waals surface area contributed by atoms with E-state index in [2.05, 4.69) is 21.2 Å². The first kappa shape index (κ1) is 24.9. The Labute approximate surface area is 192 Å². The highest BCUT2D eigenvalue weighted by Gasteiger charge is 2.30. The quantitative estimate of drug-likeness (QED) is 0.562. The lowest BCUT2D eigenvalue weighted by molar-refractivity contribution is -0.139. The van der Waals surface area contributed by atoms with Crippen LogP contribution in [0, 0.1) is 6.92 Å². The van der Waals surface area contributed by atoms with Gasteiger partial charge in [0.05, 0.1) is 11.9 Å². The van der Waals surface area contributed by atoms with E-state index in [0.29, 0.717) is 16.7 Å². The highest BCUT2D eigenvalue weighted by Crippen LogP contribution is 2.23. The second-order valence-electron chi connectivity index (χ2n) is 7.27. The van der Waals surface area contributed by atoms with E-state index in [0.717, 1.165) is 21.7 Å². The van der Waals surface area contributed by atoms with Crippen LogP contribution in [0.2, 0.25) is 0 Å². The number of aryl methyl sites for hydroxylation is 1. The van der Waals surface area contributed by atoms with Gasteiger partial charge in [0.25, 0.3) is 0 Å². The Morgan fingerprint density at radius 1 is 1.13 bits per heavy atom. The summed E-state index contributed by atoms with van der Waals surface area (Å²) in [5.74, 6) is -0.759. The number of carbonyl (C=O) groups excluding carboxylic acids is 2. The van der Waals surface area contributed by atoms with Gasteiger partial charge >= 0.3 is 0 Å². The van der Waals surface area contributed by atoms with Crippen LogP contribution in [0.25, 0.3) is 0 Å². The second-order valence-corrected chi connectivity index (χ2v) is 10.1. The lowest BCUT2D eigenvalue weighted by atomic mass is 10.1. The maximum atomic E-state index is 13.4. The van der Waals surface area contributed by atoms with Crippen molar-refractivity contribution in [3.05, 3.63) is 64.1 Å². The van der Waals surface area contributed by atoms with Gasteiger partial charge in [-0.3, -0.25) is 13.9 Å². The van der Waals surface area contributed by atoms with Crippen LogP contribution in [-0.4, -0.2) is 50.5 Å². The van der Waals surface area contributed by atoms with Gasteiger partial charge in [0, 0.05) is 17.6 Å². The smallest absolute Gasteiger partial charge is 0.244 e. The molecule has 0 spiro atoms. The van der Waals surface area contributed by atoms with Crippen molar-refractivity contribution in [2.24, 2.45) is 0 Å². The molecule has 0 saturated heterocycles. The van der Waals surface area contributed by atoms with Crippen molar-refractivity contribution in [3.63, 3.8) is 0 Å². The van der Waals surface area contributed by atoms with Gasteiger partial charge in [-0.05, 0) is 50.1 Å². The topological polar surface area (TPSA) is 86.8 Å². The van der Waals surface area contributed by atoms with Gasteiger partial charge < -0.3 is 10.2 Å². The van der Waals surface area contributed by atoms with Crippen LogP contribution in [-0.2, 0) is 26.2 Å². The van der Waals surface area contributed by atoms with E-state index in [4.69, 9.17) is 0 Å². The summed E-state index contributed by atoms with van der Waals surface area (Å²) in [6.45, 7) is 5.59. The molecule has 0 unspecified atom stereocenters. The number of nitrogens with zero attached hydrogens (tertiary/aromatic N) is 2. The van der Waals surface area contributed by atoms with E-state index in [1.165, 1.54) is 4.90 Å². The zero-order chi connectivity index (χ0) is 23.2. The fourth-order valence-corrected chi connectivity index (χ4v) is 4.35. The predicted octanol–water partition coefficient (Wildman–Crippen LogP) is 3.08. The van der Waals surface area contributed by atoms with E-state index in [-0.39, 0.29) is 12.5 Å². The first-order valence-electron chi connectivity index (χ1n) is 9.89. The number of hydrogen-bond acceptors (Lipinski definition) is 4.